The number of alkyl halides is 1. The van der Waals surface area contributed by atoms with Crippen LogP contribution in [-0.2, 0) is 28.2 Å². The van der Waals surface area contributed by atoms with Crippen molar-refractivity contribution in [2.24, 2.45) is 5.92 Å². The minimum atomic E-state index is -4.33. The Balaban J connectivity index is 1.58. The van der Waals surface area contributed by atoms with Crippen molar-refractivity contribution in [1.29, 1.82) is 0 Å². The molecule has 3 heterocycles. The predicted molar refractivity (Wildman–Crippen MR) is 157 cm³/mol. The highest BCUT2D eigenvalue weighted by molar-refractivity contribution is 7.52. The van der Waals surface area contributed by atoms with E-state index in [0.29, 0.717) is 0 Å². The van der Waals surface area contributed by atoms with Gasteiger partial charge in [-0.05, 0) is 39.8 Å². The molecular weight excluding hydrogens is 600 g/mol. The molecule has 5 N–H and O–H groups in total. The second-order valence-corrected chi connectivity index (χ2v) is 12.7. The van der Waals surface area contributed by atoms with Gasteiger partial charge in [-0.15, -0.1) is 0 Å². The first kappa shape index (κ1) is 33.2. The smallest absolute Gasteiger partial charge is 0.459 e. The highest BCUT2D eigenvalue weighted by Gasteiger charge is 2.56. The number of rotatable bonds is 12. The summed E-state index contributed by atoms with van der Waals surface area (Å²) in [4.78, 5) is 37.1. The number of nitrogens with one attached hydrogen (secondary N) is 2. The van der Waals surface area contributed by atoms with E-state index in [1.165, 1.54) is 30.0 Å². The van der Waals surface area contributed by atoms with Crippen LogP contribution in [0.2, 0.25) is 0 Å². The summed E-state index contributed by atoms with van der Waals surface area (Å²) >= 11 is 0. The number of hydrogen-bond donors (Lipinski definition) is 4. The molecule has 1 amide bonds. The third-order valence-corrected chi connectivity index (χ3v) is 8.25. The molecule has 1 aliphatic heterocycles. The molecule has 240 valence electrons. The van der Waals surface area contributed by atoms with Crippen LogP contribution in [0.3, 0.4) is 0 Å². The first-order valence-corrected chi connectivity index (χ1v) is 15.5. The minimum absolute atomic E-state index is 0.0270. The van der Waals surface area contributed by atoms with E-state index in [0.717, 1.165) is 6.92 Å². The summed E-state index contributed by atoms with van der Waals surface area (Å²) in [6.45, 7) is 8.63. The third-order valence-electron chi connectivity index (χ3n) is 6.61. The number of nitrogens with two attached hydrogens (primary N) is 1. The van der Waals surface area contributed by atoms with Gasteiger partial charge in [0.2, 0.25) is 11.9 Å². The second-order valence-electron chi connectivity index (χ2n) is 11.1. The number of aliphatic hydroxyl groups is 1. The van der Waals surface area contributed by atoms with Crippen molar-refractivity contribution in [3.63, 3.8) is 0 Å². The fourth-order valence-electron chi connectivity index (χ4n) is 4.31. The largest absolute Gasteiger partial charge is 0.462 e. The van der Waals surface area contributed by atoms with Gasteiger partial charge in [-0.1, -0.05) is 32.0 Å². The SMILES string of the molecule is CC(C)OC(=O)[C@H](C)N[P@](=O)(OC[C@H]1O[C@@H](n2cnc3c(NC(=O)C(C)C)nc(N)nc32)[C@](C)(F)[C@@H]1O)Oc1ccccc1. The topological polar surface area (TPSA) is 202 Å². The van der Waals surface area contributed by atoms with Crippen LogP contribution in [0.5, 0.6) is 5.75 Å². The maximum atomic E-state index is 16.1. The minimum Gasteiger partial charge on any atom is -0.462 e. The molecule has 1 saturated heterocycles. The van der Waals surface area contributed by atoms with Crippen LogP contribution in [0.25, 0.3) is 11.2 Å². The van der Waals surface area contributed by atoms with Crippen LogP contribution in [0.15, 0.2) is 36.7 Å². The summed E-state index contributed by atoms with van der Waals surface area (Å²) < 4.78 is 53.4. The lowest BCUT2D eigenvalue weighted by atomic mass is 9.98. The van der Waals surface area contributed by atoms with Crippen LogP contribution >= 0.6 is 7.75 Å². The van der Waals surface area contributed by atoms with Gasteiger partial charge in [-0.3, -0.25) is 18.7 Å². The fraction of sp³-hybridized carbons (Fsp3) is 0.519. The first-order valence-electron chi connectivity index (χ1n) is 13.9. The highest BCUT2D eigenvalue weighted by Crippen LogP contribution is 2.48. The molecule has 1 fully saturated rings. The number of esters is 1. The van der Waals surface area contributed by atoms with Gasteiger partial charge in [-0.2, -0.15) is 15.1 Å². The number of anilines is 2. The summed E-state index contributed by atoms with van der Waals surface area (Å²) in [6.07, 6.45) is -3.85. The number of benzene rings is 1. The van der Waals surface area contributed by atoms with Crippen LogP contribution in [0.1, 0.15) is 47.8 Å². The Morgan fingerprint density at radius 3 is 2.52 bits per heavy atom. The van der Waals surface area contributed by atoms with E-state index in [1.54, 1.807) is 45.9 Å². The van der Waals surface area contributed by atoms with Crippen LogP contribution in [0, 0.1) is 5.92 Å². The van der Waals surface area contributed by atoms with Crippen molar-refractivity contribution in [2.75, 3.05) is 17.7 Å². The van der Waals surface area contributed by atoms with Crippen molar-refractivity contribution < 1.29 is 42.2 Å². The number of carbonyl (C=O) groups is 2. The van der Waals surface area contributed by atoms with Crippen molar-refractivity contribution in [3.8, 4) is 5.75 Å². The number of ether oxygens (including phenoxy) is 2. The van der Waals surface area contributed by atoms with Crippen molar-refractivity contribution in [2.45, 2.75) is 77.8 Å². The number of carbonyl (C=O) groups excluding carboxylic acids is 2. The number of fused-ring (bicyclic) bond motifs is 1. The third kappa shape index (κ3) is 7.33. The molecule has 6 atom stereocenters. The van der Waals surface area contributed by atoms with Crippen LogP contribution < -0.4 is 20.7 Å². The molecular formula is C27H37FN7O8P. The number of aromatic nitrogens is 4. The van der Waals surface area contributed by atoms with Gasteiger partial charge in [-0.25, -0.2) is 13.9 Å². The molecule has 0 aliphatic carbocycles. The van der Waals surface area contributed by atoms with E-state index < -0.39 is 56.6 Å². The van der Waals surface area contributed by atoms with Crippen molar-refractivity contribution in [3.05, 3.63) is 36.7 Å². The van der Waals surface area contributed by atoms with Crippen molar-refractivity contribution in [1.82, 2.24) is 24.6 Å². The standard InChI is InChI=1S/C27H37FN7O8P/c1-14(2)23(37)31-21-19-22(33-26(29)32-21)35(13-30-19)25-27(6,28)20(36)18(42-25)12-40-44(39,43-17-10-8-7-9-11-17)34-16(5)24(38)41-15(3)4/h7-11,13-16,18,20,25,36H,12H2,1-6H3,(H,34,39)(H3,29,31,32,33,37)/t16-,18+,20+,25+,27+,44-/m0/s1. The monoisotopic (exact) mass is 637 g/mol. The summed E-state index contributed by atoms with van der Waals surface area (Å²) in [5.41, 5.74) is 3.59. The summed E-state index contributed by atoms with van der Waals surface area (Å²) in [5, 5.41) is 16.1. The van der Waals surface area contributed by atoms with E-state index >= 15 is 4.39 Å². The molecule has 0 bridgehead atoms. The number of halogens is 1. The Morgan fingerprint density at radius 1 is 1.20 bits per heavy atom. The van der Waals surface area contributed by atoms with Crippen LogP contribution in [-0.4, -0.2) is 73.1 Å². The lowest BCUT2D eigenvalue weighted by Crippen LogP contribution is -2.41. The van der Waals surface area contributed by atoms with E-state index in [1.807, 2.05) is 0 Å². The number of para-hydroxylation sites is 1. The maximum Gasteiger partial charge on any atom is 0.459 e. The van der Waals surface area contributed by atoms with Crippen LogP contribution in [0.4, 0.5) is 16.2 Å². The maximum absolute atomic E-state index is 16.1. The fourth-order valence-corrected chi connectivity index (χ4v) is 5.81. The Morgan fingerprint density at radius 2 is 1.89 bits per heavy atom. The van der Waals surface area contributed by atoms with Gasteiger partial charge in [0, 0.05) is 5.92 Å². The molecule has 0 spiro atoms. The van der Waals surface area contributed by atoms with Gasteiger partial charge in [0.25, 0.3) is 0 Å². The molecule has 44 heavy (non-hydrogen) atoms. The Bertz CT molecular complexity index is 1540. The van der Waals surface area contributed by atoms with Gasteiger partial charge in [0.05, 0.1) is 19.0 Å². The number of nitrogens with zero attached hydrogens (tertiary/aromatic N) is 4. The molecule has 0 unspecified atom stereocenters. The Labute approximate surface area is 253 Å². The van der Waals surface area contributed by atoms with Gasteiger partial charge in [0.15, 0.2) is 28.9 Å². The second kappa shape index (κ2) is 13.1. The van der Waals surface area contributed by atoms with Gasteiger partial charge in [0.1, 0.15) is 24.0 Å². The Kier molecular flexibility index (Phi) is 9.90. The Hall–Kier alpha value is -3.69. The zero-order valence-electron chi connectivity index (χ0n) is 25.1. The molecule has 1 aromatic carbocycles. The van der Waals surface area contributed by atoms with Gasteiger partial charge >= 0.3 is 13.7 Å². The summed E-state index contributed by atoms with van der Waals surface area (Å²) in [6, 6.07) is 6.95. The van der Waals surface area contributed by atoms with E-state index in [4.69, 9.17) is 24.3 Å². The molecule has 1 aliphatic rings. The molecule has 3 aromatic rings. The number of nitrogen functional groups attached to an aromatic ring is 1. The number of imidazole rings is 1. The molecule has 2 aromatic heterocycles. The molecule has 4 rings (SSSR count). The zero-order chi connectivity index (χ0) is 32.4. The van der Waals surface area contributed by atoms with E-state index in [9.17, 15) is 19.3 Å². The average Bonchev–Trinajstić information content (AvgIpc) is 3.45. The number of amides is 1. The summed E-state index contributed by atoms with van der Waals surface area (Å²) in [7, 11) is -4.33. The normalized spacial score (nSPS) is 23.9. The average molecular weight is 638 g/mol. The molecule has 17 heteroatoms. The van der Waals surface area contributed by atoms with E-state index in [2.05, 4.69) is 25.4 Å². The molecule has 0 saturated carbocycles. The van der Waals surface area contributed by atoms with Gasteiger partial charge < -0.3 is 30.2 Å². The quantitative estimate of drug-likeness (QED) is 0.167. The van der Waals surface area contributed by atoms with E-state index in [-0.39, 0.29) is 40.5 Å². The lowest BCUT2D eigenvalue weighted by molar-refractivity contribution is -0.149. The highest BCUT2D eigenvalue weighted by atomic mass is 31.2. The lowest BCUT2D eigenvalue weighted by Gasteiger charge is -2.25. The van der Waals surface area contributed by atoms with Crippen molar-refractivity contribution >= 4 is 42.6 Å². The summed E-state index contributed by atoms with van der Waals surface area (Å²) in [5.74, 6) is -1.44. The predicted octanol–water partition coefficient (Wildman–Crippen LogP) is 3.12. The number of hydrogen-bond acceptors (Lipinski definition) is 12. The number of aliphatic hydroxyl groups excluding tert-OH is 1. The molecule has 0 radical (unpaired) electrons. The zero-order valence-corrected chi connectivity index (χ0v) is 26.0. The molecule has 15 nitrogen and oxygen atoms in total. The first-order chi connectivity index (χ1) is 20.6.